The molecule has 0 saturated heterocycles. The Bertz CT molecular complexity index is 379. The minimum Gasteiger partial charge on any atom is -0.289 e. The van der Waals surface area contributed by atoms with Gasteiger partial charge in [-0.15, -0.1) is 0 Å². The molecule has 0 N–H and O–H groups in total. The number of ketones is 1. The molecule has 0 radical (unpaired) electrons. The SMILES string of the molecule is O=C(C=CC(Cl)(Cl)Cl)c1ccc(Br)cc1. The van der Waals surface area contributed by atoms with Crippen molar-refractivity contribution in [3.63, 3.8) is 0 Å². The van der Waals surface area contributed by atoms with E-state index in [1.165, 1.54) is 12.2 Å². The van der Waals surface area contributed by atoms with Crippen molar-refractivity contribution in [3.8, 4) is 0 Å². The van der Waals surface area contributed by atoms with Crippen LogP contribution in [0.4, 0.5) is 0 Å². The van der Waals surface area contributed by atoms with Gasteiger partial charge in [0.2, 0.25) is 3.79 Å². The van der Waals surface area contributed by atoms with Crippen molar-refractivity contribution in [1.29, 1.82) is 0 Å². The quantitative estimate of drug-likeness (QED) is 0.442. The van der Waals surface area contributed by atoms with Gasteiger partial charge in [-0.2, -0.15) is 0 Å². The highest BCUT2D eigenvalue weighted by Crippen LogP contribution is 2.27. The Kier molecular flexibility index (Phi) is 4.65. The summed E-state index contributed by atoms with van der Waals surface area (Å²) in [6.45, 7) is 0. The largest absolute Gasteiger partial charge is 0.289 e. The number of alkyl halides is 3. The maximum Gasteiger partial charge on any atom is 0.209 e. The highest BCUT2D eigenvalue weighted by Gasteiger charge is 2.14. The van der Waals surface area contributed by atoms with Crippen LogP contribution in [0.1, 0.15) is 10.4 Å². The number of hydrogen-bond acceptors (Lipinski definition) is 1. The predicted molar refractivity (Wildman–Crippen MR) is 67.9 cm³/mol. The minimum atomic E-state index is -1.54. The van der Waals surface area contributed by atoms with Crippen molar-refractivity contribution in [1.82, 2.24) is 0 Å². The number of halogens is 4. The van der Waals surface area contributed by atoms with Gasteiger partial charge in [-0.25, -0.2) is 0 Å². The number of carbonyl (C=O) groups is 1. The fourth-order valence-electron chi connectivity index (χ4n) is 0.881. The molecule has 5 heteroatoms. The van der Waals surface area contributed by atoms with Crippen molar-refractivity contribution < 1.29 is 4.79 Å². The van der Waals surface area contributed by atoms with E-state index < -0.39 is 3.79 Å². The van der Waals surface area contributed by atoms with E-state index in [4.69, 9.17) is 34.8 Å². The van der Waals surface area contributed by atoms with Crippen LogP contribution in [0, 0.1) is 0 Å². The molecule has 0 amide bonds. The standard InChI is InChI=1S/C10H6BrCl3O/c11-8-3-1-7(2-4-8)9(15)5-6-10(12,13)14/h1-6H. The molecule has 0 aliphatic carbocycles. The van der Waals surface area contributed by atoms with Gasteiger partial charge in [0, 0.05) is 10.0 Å². The molecule has 0 spiro atoms. The van der Waals surface area contributed by atoms with Crippen LogP contribution in [0.3, 0.4) is 0 Å². The fourth-order valence-corrected chi connectivity index (χ4v) is 1.33. The van der Waals surface area contributed by atoms with Crippen molar-refractivity contribution in [2.45, 2.75) is 3.79 Å². The fraction of sp³-hybridized carbons (Fsp3) is 0.100. The van der Waals surface area contributed by atoms with Gasteiger partial charge in [0.05, 0.1) is 0 Å². The monoisotopic (exact) mass is 326 g/mol. The summed E-state index contributed by atoms with van der Waals surface area (Å²) < 4.78 is -0.630. The molecule has 0 unspecified atom stereocenters. The molecule has 0 saturated carbocycles. The third kappa shape index (κ3) is 5.03. The Balaban J connectivity index is 2.78. The normalized spacial score (nSPS) is 12.0. The van der Waals surface area contributed by atoms with Crippen LogP contribution < -0.4 is 0 Å². The number of rotatable bonds is 2. The smallest absolute Gasteiger partial charge is 0.209 e. The van der Waals surface area contributed by atoms with Gasteiger partial charge in [-0.1, -0.05) is 50.7 Å². The summed E-state index contributed by atoms with van der Waals surface area (Å²) in [4.78, 5) is 11.5. The first-order valence-corrected chi connectivity index (χ1v) is 5.87. The zero-order chi connectivity index (χ0) is 11.5. The maximum atomic E-state index is 11.5. The number of benzene rings is 1. The van der Waals surface area contributed by atoms with E-state index in [-0.39, 0.29) is 5.78 Å². The topological polar surface area (TPSA) is 17.1 Å². The van der Waals surface area contributed by atoms with Gasteiger partial charge in [-0.3, -0.25) is 4.79 Å². The number of hydrogen-bond donors (Lipinski definition) is 0. The Morgan fingerprint density at radius 2 is 1.73 bits per heavy atom. The highest BCUT2D eigenvalue weighted by atomic mass is 79.9. The lowest BCUT2D eigenvalue weighted by Crippen LogP contribution is -1.99. The van der Waals surface area contributed by atoms with Crippen LogP contribution in [-0.2, 0) is 0 Å². The summed E-state index contributed by atoms with van der Waals surface area (Å²) >= 11 is 19.7. The third-order valence-electron chi connectivity index (χ3n) is 1.55. The summed E-state index contributed by atoms with van der Waals surface area (Å²) in [5.74, 6) is -0.200. The van der Waals surface area contributed by atoms with E-state index >= 15 is 0 Å². The van der Waals surface area contributed by atoms with Gasteiger partial charge in [0.15, 0.2) is 5.78 Å². The number of carbonyl (C=O) groups excluding carboxylic acids is 1. The van der Waals surface area contributed by atoms with Crippen LogP contribution in [0.15, 0.2) is 40.9 Å². The summed E-state index contributed by atoms with van der Waals surface area (Å²) in [5.41, 5.74) is 0.545. The van der Waals surface area contributed by atoms with Crippen LogP contribution in [-0.4, -0.2) is 9.58 Å². The summed E-state index contributed by atoms with van der Waals surface area (Å²) in [7, 11) is 0. The second-order valence-corrected chi connectivity index (χ2v) is 6.03. The molecular weight excluding hydrogens is 322 g/mol. The molecule has 1 aromatic rings. The van der Waals surface area contributed by atoms with Crippen molar-refractivity contribution in [2.24, 2.45) is 0 Å². The van der Waals surface area contributed by atoms with Crippen LogP contribution in [0.5, 0.6) is 0 Å². The van der Waals surface area contributed by atoms with E-state index in [0.29, 0.717) is 5.56 Å². The molecule has 1 nitrogen and oxygen atoms in total. The van der Waals surface area contributed by atoms with Crippen molar-refractivity contribution in [2.75, 3.05) is 0 Å². The van der Waals surface area contributed by atoms with Crippen molar-refractivity contribution in [3.05, 3.63) is 46.5 Å². The van der Waals surface area contributed by atoms with Crippen molar-refractivity contribution >= 4 is 56.5 Å². The minimum absolute atomic E-state index is 0.200. The van der Waals surface area contributed by atoms with E-state index in [1.54, 1.807) is 24.3 Å². The van der Waals surface area contributed by atoms with E-state index in [2.05, 4.69) is 15.9 Å². The summed E-state index contributed by atoms with van der Waals surface area (Å²) in [6.07, 6.45) is 2.47. The summed E-state index contributed by atoms with van der Waals surface area (Å²) in [6, 6.07) is 6.93. The average Bonchev–Trinajstić information content (AvgIpc) is 2.14. The Morgan fingerprint density at radius 3 is 2.20 bits per heavy atom. The molecule has 0 aliphatic heterocycles. The van der Waals surface area contributed by atoms with E-state index in [9.17, 15) is 4.79 Å². The predicted octanol–water partition coefficient (Wildman–Crippen LogP) is 4.56. The molecule has 0 heterocycles. The zero-order valence-electron chi connectivity index (χ0n) is 7.38. The molecule has 0 aromatic heterocycles. The molecule has 0 bridgehead atoms. The Hall–Kier alpha value is -0.0200. The van der Waals surface area contributed by atoms with Gasteiger partial charge in [0.1, 0.15) is 0 Å². The molecule has 0 fully saturated rings. The van der Waals surface area contributed by atoms with E-state index in [0.717, 1.165) is 4.47 Å². The van der Waals surface area contributed by atoms with Gasteiger partial charge in [-0.05, 0) is 36.4 Å². The molecule has 0 atom stereocenters. The molecule has 0 aliphatic rings. The van der Waals surface area contributed by atoms with Crippen LogP contribution in [0.2, 0.25) is 0 Å². The lowest BCUT2D eigenvalue weighted by atomic mass is 10.1. The average molecular weight is 328 g/mol. The Labute approximate surface area is 111 Å². The molecule has 15 heavy (non-hydrogen) atoms. The van der Waals surface area contributed by atoms with Gasteiger partial charge < -0.3 is 0 Å². The van der Waals surface area contributed by atoms with Crippen LogP contribution in [0.25, 0.3) is 0 Å². The van der Waals surface area contributed by atoms with Gasteiger partial charge >= 0.3 is 0 Å². The maximum absolute atomic E-state index is 11.5. The molecule has 1 rings (SSSR count). The first-order valence-electron chi connectivity index (χ1n) is 3.94. The highest BCUT2D eigenvalue weighted by molar-refractivity contribution is 9.10. The number of allylic oxidation sites excluding steroid dienone is 2. The second-order valence-electron chi connectivity index (χ2n) is 2.75. The summed E-state index contributed by atoms with van der Waals surface area (Å²) in [5, 5.41) is 0. The first kappa shape index (κ1) is 13.0. The zero-order valence-corrected chi connectivity index (χ0v) is 11.2. The lowest BCUT2D eigenvalue weighted by molar-refractivity contribution is 0.104. The first-order chi connectivity index (χ1) is 6.88. The second kappa shape index (κ2) is 5.35. The molecular formula is C10H6BrCl3O. The van der Waals surface area contributed by atoms with Gasteiger partial charge in [0.25, 0.3) is 0 Å². The third-order valence-corrected chi connectivity index (χ3v) is 2.46. The van der Waals surface area contributed by atoms with Crippen LogP contribution >= 0.6 is 50.7 Å². The Morgan fingerprint density at radius 1 is 1.20 bits per heavy atom. The molecule has 1 aromatic carbocycles. The van der Waals surface area contributed by atoms with E-state index in [1.807, 2.05) is 0 Å². The lowest BCUT2D eigenvalue weighted by Gasteiger charge is -2.02. The molecule has 80 valence electrons.